The zero-order valence-corrected chi connectivity index (χ0v) is 14.3. The van der Waals surface area contributed by atoms with Gasteiger partial charge < -0.3 is 15.0 Å². The highest BCUT2D eigenvalue weighted by atomic mass is 79.9. The van der Waals surface area contributed by atoms with Crippen LogP contribution in [0.25, 0.3) is 0 Å². The highest BCUT2D eigenvalue weighted by Crippen LogP contribution is 2.22. The number of halogens is 1. The van der Waals surface area contributed by atoms with E-state index >= 15 is 0 Å². The molecule has 112 valence electrons. The molecular formula is C14H21BrN2O2S. The fourth-order valence-electron chi connectivity index (χ4n) is 2.36. The summed E-state index contributed by atoms with van der Waals surface area (Å²) in [5.41, 5.74) is 0. The molecule has 1 amide bonds. The molecule has 0 spiro atoms. The molecule has 2 heterocycles. The molecule has 1 aromatic heterocycles. The largest absolute Gasteiger partial charge is 0.379 e. The van der Waals surface area contributed by atoms with E-state index in [1.54, 1.807) is 16.2 Å². The number of carbonyl (C=O) groups is 1. The molecule has 1 fully saturated rings. The molecule has 20 heavy (non-hydrogen) atoms. The third-order valence-electron chi connectivity index (χ3n) is 3.45. The van der Waals surface area contributed by atoms with Crippen molar-refractivity contribution in [1.82, 2.24) is 10.2 Å². The molecule has 1 saturated heterocycles. The van der Waals surface area contributed by atoms with Crippen LogP contribution in [0.5, 0.6) is 0 Å². The van der Waals surface area contributed by atoms with Gasteiger partial charge in [0.2, 0.25) is 5.91 Å². The summed E-state index contributed by atoms with van der Waals surface area (Å²) in [5, 5.41) is 5.45. The minimum Gasteiger partial charge on any atom is -0.379 e. The van der Waals surface area contributed by atoms with Crippen LogP contribution in [0.3, 0.4) is 0 Å². The smallest absolute Gasteiger partial charge is 0.229 e. The van der Waals surface area contributed by atoms with E-state index in [1.807, 2.05) is 12.4 Å². The maximum Gasteiger partial charge on any atom is 0.229 e. The van der Waals surface area contributed by atoms with Crippen LogP contribution >= 0.6 is 27.3 Å². The van der Waals surface area contributed by atoms with Crippen molar-refractivity contribution in [2.24, 2.45) is 5.92 Å². The Morgan fingerprint density at radius 3 is 3.05 bits per heavy atom. The van der Waals surface area contributed by atoms with E-state index in [2.05, 4.69) is 34.2 Å². The second-order valence-corrected chi connectivity index (χ2v) is 7.04. The molecule has 0 aliphatic carbocycles. The van der Waals surface area contributed by atoms with Crippen LogP contribution in [0.1, 0.15) is 18.2 Å². The van der Waals surface area contributed by atoms with E-state index in [0.29, 0.717) is 19.8 Å². The van der Waals surface area contributed by atoms with Crippen molar-refractivity contribution in [3.05, 3.63) is 20.8 Å². The molecular weight excluding hydrogens is 340 g/mol. The van der Waals surface area contributed by atoms with Crippen molar-refractivity contribution in [1.29, 1.82) is 0 Å². The van der Waals surface area contributed by atoms with Gasteiger partial charge in [-0.2, -0.15) is 0 Å². The van der Waals surface area contributed by atoms with E-state index in [9.17, 15) is 4.79 Å². The zero-order valence-electron chi connectivity index (χ0n) is 11.9. The fraction of sp³-hybridized carbons (Fsp3) is 0.643. The van der Waals surface area contributed by atoms with Crippen LogP contribution in [0, 0.1) is 5.92 Å². The van der Waals surface area contributed by atoms with Crippen LogP contribution in [-0.4, -0.2) is 43.7 Å². The quantitative estimate of drug-likeness (QED) is 0.847. The van der Waals surface area contributed by atoms with E-state index in [1.165, 1.54) is 4.88 Å². The van der Waals surface area contributed by atoms with E-state index in [-0.39, 0.29) is 17.9 Å². The Morgan fingerprint density at radius 1 is 1.60 bits per heavy atom. The lowest BCUT2D eigenvalue weighted by Crippen LogP contribution is -2.44. The molecule has 1 N–H and O–H groups in total. The van der Waals surface area contributed by atoms with Crippen molar-refractivity contribution in [2.45, 2.75) is 25.9 Å². The third kappa shape index (κ3) is 4.04. The summed E-state index contributed by atoms with van der Waals surface area (Å²) in [5.74, 6) is 0.107. The van der Waals surface area contributed by atoms with Crippen LogP contribution in [0.15, 0.2) is 15.9 Å². The molecule has 0 bridgehead atoms. The number of ether oxygens (including phenoxy) is 1. The average molecular weight is 361 g/mol. The summed E-state index contributed by atoms with van der Waals surface area (Å²) in [6, 6.07) is 2.21. The number of nitrogens with one attached hydrogen (secondary N) is 1. The van der Waals surface area contributed by atoms with Gasteiger partial charge in [-0.15, -0.1) is 11.3 Å². The Bertz CT molecular complexity index is 452. The number of thiophene rings is 1. The van der Waals surface area contributed by atoms with Gasteiger partial charge in [0, 0.05) is 27.8 Å². The number of carbonyl (C=O) groups excluding carboxylic acids is 1. The summed E-state index contributed by atoms with van der Waals surface area (Å²) in [4.78, 5) is 15.5. The van der Waals surface area contributed by atoms with Crippen molar-refractivity contribution in [3.8, 4) is 0 Å². The average Bonchev–Trinajstić information content (AvgIpc) is 3.04. The topological polar surface area (TPSA) is 41.6 Å². The Balaban J connectivity index is 1.91. The van der Waals surface area contributed by atoms with Crippen LogP contribution < -0.4 is 5.32 Å². The van der Waals surface area contributed by atoms with Gasteiger partial charge in [0.05, 0.1) is 25.7 Å². The minimum atomic E-state index is -0.0602. The molecule has 1 aromatic rings. The summed E-state index contributed by atoms with van der Waals surface area (Å²) >= 11 is 5.11. The molecule has 2 rings (SSSR count). The van der Waals surface area contributed by atoms with Gasteiger partial charge >= 0.3 is 0 Å². The number of hydrogen-bond donors (Lipinski definition) is 1. The van der Waals surface area contributed by atoms with Crippen molar-refractivity contribution in [2.75, 3.05) is 26.8 Å². The molecule has 0 radical (unpaired) electrons. The highest BCUT2D eigenvalue weighted by Gasteiger charge is 2.35. The van der Waals surface area contributed by atoms with E-state index in [4.69, 9.17) is 4.74 Å². The monoisotopic (exact) mass is 360 g/mol. The first-order chi connectivity index (χ1) is 9.61. The summed E-state index contributed by atoms with van der Waals surface area (Å²) in [6.07, 6.45) is 1.07. The normalized spacial score (nSPS) is 22.1. The number of hydrogen-bond acceptors (Lipinski definition) is 4. The zero-order chi connectivity index (χ0) is 14.5. The minimum absolute atomic E-state index is 0.0602. The molecule has 6 heteroatoms. The molecule has 4 nitrogen and oxygen atoms in total. The predicted octanol–water partition coefficient (Wildman–Crippen LogP) is 2.48. The second-order valence-electron chi connectivity index (χ2n) is 5.13. The first-order valence-electron chi connectivity index (χ1n) is 6.90. The molecule has 2 unspecified atom stereocenters. The summed E-state index contributed by atoms with van der Waals surface area (Å²) < 4.78 is 6.55. The molecule has 1 aliphatic heterocycles. The van der Waals surface area contributed by atoms with Gasteiger partial charge in [-0.05, 0) is 35.0 Å². The van der Waals surface area contributed by atoms with Crippen molar-refractivity contribution in [3.63, 3.8) is 0 Å². The SMILES string of the molecule is CCCNC1COCC1C(=O)N(C)Cc1cc(Br)cs1. The molecule has 2 atom stereocenters. The number of nitrogens with zero attached hydrogens (tertiary/aromatic N) is 1. The first-order valence-corrected chi connectivity index (χ1v) is 8.58. The summed E-state index contributed by atoms with van der Waals surface area (Å²) in [6.45, 7) is 4.87. The first kappa shape index (κ1) is 15.9. The lowest BCUT2D eigenvalue weighted by molar-refractivity contribution is -0.135. The fourth-order valence-corrected chi connectivity index (χ4v) is 3.86. The summed E-state index contributed by atoms with van der Waals surface area (Å²) in [7, 11) is 1.87. The van der Waals surface area contributed by atoms with Crippen molar-refractivity contribution >= 4 is 33.2 Å². The van der Waals surface area contributed by atoms with Crippen LogP contribution in [-0.2, 0) is 16.1 Å². The molecule has 0 saturated carbocycles. The Hall–Kier alpha value is -0.430. The van der Waals surface area contributed by atoms with Gasteiger partial charge in [0.1, 0.15) is 0 Å². The van der Waals surface area contributed by atoms with Gasteiger partial charge in [-0.1, -0.05) is 6.92 Å². The van der Waals surface area contributed by atoms with Gasteiger partial charge in [-0.25, -0.2) is 0 Å². The Kier molecular flexibility index (Phi) is 6.01. The van der Waals surface area contributed by atoms with Gasteiger partial charge in [0.25, 0.3) is 0 Å². The number of rotatable bonds is 6. The van der Waals surface area contributed by atoms with Crippen LogP contribution in [0.4, 0.5) is 0 Å². The maximum atomic E-state index is 12.5. The molecule has 0 aromatic carbocycles. The number of amides is 1. The maximum absolute atomic E-state index is 12.5. The van der Waals surface area contributed by atoms with Gasteiger partial charge in [-0.3, -0.25) is 4.79 Å². The van der Waals surface area contributed by atoms with Gasteiger partial charge in [0.15, 0.2) is 0 Å². The van der Waals surface area contributed by atoms with Crippen molar-refractivity contribution < 1.29 is 9.53 Å². The van der Waals surface area contributed by atoms with E-state index in [0.717, 1.165) is 17.4 Å². The molecule has 1 aliphatic rings. The van der Waals surface area contributed by atoms with E-state index < -0.39 is 0 Å². The third-order valence-corrected chi connectivity index (χ3v) is 5.13. The standard InChI is InChI=1S/C14H21BrN2O2S/c1-3-4-16-13-8-19-7-12(13)14(18)17(2)6-11-5-10(15)9-20-11/h5,9,12-13,16H,3-4,6-8H2,1-2H3. The predicted molar refractivity (Wildman–Crippen MR) is 84.9 cm³/mol. The van der Waals surface area contributed by atoms with Crippen LogP contribution in [0.2, 0.25) is 0 Å². The lowest BCUT2D eigenvalue weighted by Gasteiger charge is -2.24. The lowest BCUT2D eigenvalue weighted by atomic mass is 10.0. The Morgan fingerprint density at radius 2 is 2.40 bits per heavy atom. The Labute approximate surface area is 132 Å². The second kappa shape index (κ2) is 7.54. The highest BCUT2D eigenvalue weighted by molar-refractivity contribution is 9.10.